The summed E-state index contributed by atoms with van der Waals surface area (Å²) in [4.78, 5) is 4.32. The van der Waals surface area contributed by atoms with Crippen molar-refractivity contribution in [2.24, 2.45) is 4.99 Å². The SMILES string of the molecule is C=C(C)N=C(C)C1=C(C)CC=C1.CC1OC(C(O)c2ccc(F)cc2)C(O)C1O. The van der Waals surface area contributed by atoms with Gasteiger partial charge in [0.25, 0.3) is 0 Å². The molecule has 5 unspecified atom stereocenters. The number of hydrogen-bond acceptors (Lipinski definition) is 5. The van der Waals surface area contributed by atoms with Crippen molar-refractivity contribution in [3.63, 3.8) is 0 Å². The molecule has 0 amide bonds. The predicted octanol–water partition coefficient (Wildman–Crippen LogP) is 3.63. The summed E-state index contributed by atoms with van der Waals surface area (Å²) in [6.07, 6.45) is 0.679. The lowest BCUT2D eigenvalue weighted by molar-refractivity contribution is -0.0635. The van der Waals surface area contributed by atoms with E-state index in [9.17, 15) is 19.7 Å². The zero-order valence-corrected chi connectivity index (χ0v) is 17.3. The average molecular weight is 403 g/mol. The normalized spacial score (nSPS) is 27.7. The van der Waals surface area contributed by atoms with Crippen molar-refractivity contribution in [3.8, 4) is 0 Å². The van der Waals surface area contributed by atoms with Crippen molar-refractivity contribution in [1.29, 1.82) is 0 Å². The second-order valence-corrected chi connectivity index (χ2v) is 7.52. The van der Waals surface area contributed by atoms with Crippen molar-refractivity contribution >= 4 is 5.71 Å². The molecule has 1 heterocycles. The lowest BCUT2D eigenvalue weighted by atomic mass is 9.99. The van der Waals surface area contributed by atoms with Gasteiger partial charge in [-0.3, -0.25) is 4.99 Å². The Bertz CT molecular complexity index is 813. The van der Waals surface area contributed by atoms with E-state index in [1.165, 1.54) is 35.4 Å². The number of benzene rings is 1. The molecule has 1 fully saturated rings. The first-order valence-electron chi connectivity index (χ1n) is 9.64. The monoisotopic (exact) mass is 403 g/mol. The third-order valence-electron chi connectivity index (χ3n) is 4.98. The van der Waals surface area contributed by atoms with E-state index in [0.29, 0.717) is 5.56 Å². The van der Waals surface area contributed by atoms with E-state index in [0.717, 1.165) is 17.8 Å². The maximum Gasteiger partial charge on any atom is 0.123 e. The molecule has 0 bridgehead atoms. The second kappa shape index (κ2) is 10.1. The van der Waals surface area contributed by atoms with Crippen molar-refractivity contribution in [3.05, 3.63) is 71.2 Å². The first kappa shape index (κ1) is 23.2. The average Bonchev–Trinajstić information content (AvgIpc) is 3.20. The van der Waals surface area contributed by atoms with E-state index in [1.54, 1.807) is 6.92 Å². The Balaban J connectivity index is 0.000000221. The van der Waals surface area contributed by atoms with Gasteiger partial charge in [-0.05, 0) is 57.4 Å². The fraction of sp³-hybridized carbons (Fsp3) is 0.435. The van der Waals surface area contributed by atoms with E-state index >= 15 is 0 Å². The van der Waals surface area contributed by atoms with E-state index in [2.05, 4.69) is 30.6 Å². The van der Waals surface area contributed by atoms with Crippen LogP contribution in [-0.4, -0.2) is 45.4 Å². The van der Waals surface area contributed by atoms with Crippen molar-refractivity contribution < 1.29 is 24.4 Å². The van der Waals surface area contributed by atoms with Gasteiger partial charge in [0.05, 0.1) is 6.10 Å². The molecule has 1 aromatic carbocycles. The third kappa shape index (κ3) is 5.93. The number of allylic oxidation sites excluding steroid dienone is 5. The van der Waals surface area contributed by atoms with Crippen LogP contribution in [0.4, 0.5) is 4.39 Å². The summed E-state index contributed by atoms with van der Waals surface area (Å²) in [5, 5.41) is 29.2. The van der Waals surface area contributed by atoms with Crippen LogP contribution in [0.2, 0.25) is 0 Å². The summed E-state index contributed by atoms with van der Waals surface area (Å²) < 4.78 is 18.0. The lowest BCUT2D eigenvalue weighted by Gasteiger charge is -2.21. The van der Waals surface area contributed by atoms with Crippen LogP contribution in [0.3, 0.4) is 0 Å². The maximum absolute atomic E-state index is 12.7. The third-order valence-corrected chi connectivity index (χ3v) is 4.98. The van der Waals surface area contributed by atoms with Gasteiger partial charge >= 0.3 is 0 Å². The Kier molecular flexibility index (Phi) is 8.05. The molecule has 5 atom stereocenters. The first-order chi connectivity index (χ1) is 13.6. The molecule has 6 heteroatoms. The Morgan fingerprint density at radius 3 is 2.28 bits per heavy atom. The highest BCUT2D eigenvalue weighted by Gasteiger charge is 2.44. The molecule has 1 aliphatic heterocycles. The summed E-state index contributed by atoms with van der Waals surface area (Å²) in [5.74, 6) is -0.401. The smallest absolute Gasteiger partial charge is 0.123 e. The molecule has 1 aromatic rings. The Labute approximate surface area is 171 Å². The summed E-state index contributed by atoms with van der Waals surface area (Å²) in [6, 6.07) is 5.29. The van der Waals surface area contributed by atoms with Gasteiger partial charge in [-0.1, -0.05) is 36.4 Å². The van der Waals surface area contributed by atoms with Crippen LogP contribution in [0.25, 0.3) is 0 Å². The molecule has 0 spiro atoms. The molecule has 0 aromatic heterocycles. The van der Waals surface area contributed by atoms with E-state index < -0.39 is 36.3 Å². The van der Waals surface area contributed by atoms with Gasteiger partial charge in [0, 0.05) is 11.4 Å². The molecular formula is C23H30FNO4. The summed E-state index contributed by atoms with van der Waals surface area (Å²) in [6.45, 7) is 11.5. The number of nitrogens with zero attached hydrogens (tertiary/aromatic N) is 1. The minimum Gasteiger partial charge on any atom is -0.388 e. The number of rotatable bonds is 4. The zero-order valence-electron chi connectivity index (χ0n) is 17.3. The molecule has 3 rings (SSSR count). The van der Waals surface area contributed by atoms with E-state index in [-0.39, 0.29) is 0 Å². The highest BCUT2D eigenvalue weighted by atomic mass is 19.1. The van der Waals surface area contributed by atoms with Gasteiger partial charge in [-0.2, -0.15) is 0 Å². The van der Waals surface area contributed by atoms with Gasteiger partial charge in [0.2, 0.25) is 0 Å². The van der Waals surface area contributed by atoms with Crippen LogP contribution >= 0.6 is 0 Å². The quantitative estimate of drug-likeness (QED) is 0.671. The highest BCUT2D eigenvalue weighted by Crippen LogP contribution is 2.30. The number of aliphatic imine (C=N–C) groups is 1. The zero-order chi connectivity index (χ0) is 21.7. The molecule has 0 radical (unpaired) electrons. The van der Waals surface area contributed by atoms with Gasteiger partial charge in [0.1, 0.15) is 30.2 Å². The summed E-state index contributed by atoms with van der Waals surface area (Å²) >= 11 is 0. The van der Waals surface area contributed by atoms with E-state index in [4.69, 9.17) is 4.74 Å². The summed E-state index contributed by atoms with van der Waals surface area (Å²) in [7, 11) is 0. The van der Waals surface area contributed by atoms with Gasteiger partial charge < -0.3 is 20.1 Å². The van der Waals surface area contributed by atoms with Crippen LogP contribution in [-0.2, 0) is 4.74 Å². The molecule has 158 valence electrons. The van der Waals surface area contributed by atoms with Crippen LogP contribution in [0.1, 0.15) is 45.8 Å². The lowest BCUT2D eigenvalue weighted by Crippen LogP contribution is -2.34. The molecular weight excluding hydrogens is 373 g/mol. The standard InChI is InChI=1S/C12H15FO4.C11H15N/c1-6-9(14)11(16)12(17-6)10(15)7-2-4-8(13)5-3-7;1-8(2)12-10(4)11-7-5-6-9(11)3/h2-6,9-12,14-16H,1H3;5,7H,1,6H2,2-4H3. The van der Waals surface area contributed by atoms with Gasteiger partial charge in [-0.15, -0.1) is 0 Å². The molecule has 29 heavy (non-hydrogen) atoms. The van der Waals surface area contributed by atoms with Crippen molar-refractivity contribution in [1.82, 2.24) is 0 Å². The van der Waals surface area contributed by atoms with Crippen molar-refractivity contribution in [2.45, 2.75) is 64.6 Å². The molecule has 1 saturated heterocycles. The largest absolute Gasteiger partial charge is 0.388 e. The second-order valence-electron chi connectivity index (χ2n) is 7.52. The fourth-order valence-electron chi connectivity index (χ4n) is 3.37. The number of aliphatic hydroxyl groups is 3. The molecule has 2 aliphatic rings. The fourth-order valence-corrected chi connectivity index (χ4v) is 3.37. The minimum absolute atomic E-state index is 0.401. The van der Waals surface area contributed by atoms with Crippen LogP contribution in [0.15, 0.2) is 64.8 Å². The highest BCUT2D eigenvalue weighted by molar-refractivity contribution is 6.02. The number of ether oxygens (including phenoxy) is 1. The number of hydrogen-bond donors (Lipinski definition) is 3. The maximum atomic E-state index is 12.7. The van der Waals surface area contributed by atoms with Crippen LogP contribution < -0.4 is 0 Å². The first-order valence-corrected chi connectivity index (χ1v) is 9.64. The van der Waals surface area contributed by atoms with Gasteiger partial charge in [0.15, 0.2) is 0 Å². The minimum atomic E-state index is -1.15. The topological polar surface area (TPSA) is 82.3 Å². The molecule has 3 N–H and O–H groups in total. The molecule has 1 aliphatic carbocycles. The predicted molar refractivity (Wildman–Crippen MR) is 112 cm³/mol. The van der Waals surface area contributed by atoms with Gasteiger partial charge in [-0.25, -0.2) is 4.39 Å². The molecule has 0 saturated carbocycles. The van der Waals surface area contributed by atoms with Crippen molar-refractivity contribution in [2.75, 3.05) is 0 Å². The Morgan fingerprint density at radius 1 is 1.21 bits per heavy atom. The van der Waals surface area contributed by atoms with Crippen LogP contribution in [0, 0.1) is 5.82 Å². The Hall–Kier alpha value is -2.12. The summed E-state index contributed by atoms with van der Waals surface area (Å²) in [5.41, 5.74) is 5.06. The van der Waals surface area contributed by atoms with E-state index in [1.807, 2.05) is 13.8 Å². The number of halogens is 1. The molecule has 5 nitrogen and oxygen atoms in total. The Morgan fingerprint density at radius 2 is 1.83 bits per heavy atom. The number of aliphatic hydroxyl groups excluding tert-OH is 3. The van der Waals surface area contributed by atoms with Crippen LogP contribution in [0.5, 0.6) is 0 Å².